The van der Waals surface area contributed by atoms with Gasteiger partial charge in [0, 0.05) is 6.54 Å². The van der Waals surface area contributed by atoms with E-state index >= 15 is 0 Å². The van der Waals surface area contributed by atoms with Crippen molar-refractivity contribution in [3.63, 3.8) is 0 Å². The number of nitrogens with one attached hydrogen (secondary N) is 1. The molecular weight excluding hydrogens is 188 g/mol. The van der Waals surface area contributed by atoms with Crippen LogP contribution in [0.2, 0.25) is 0 Å². The summed E-state index contributed by atoms with van der Waals surface area (Å²) >= 11 is 0. The second kappa shape index (κ2) is 3.98. The number of imidazole rings is 1. The van der Waals surface area contributed by atoms with Crippen molar-refractivity contribution in [2.24, 2.45) is 0 Å². The molecule has 2 rings (SSSR count). The molecule has 2 aromatic rings. The molecule has 4 nitrogen and oxygen atoms in total. The Kier molecular flexibility index (Phi) is 2.68. The summed E-state index contributed by atoms with van der Waals surface area (Å²) in [5, 5.41) is 7.58. The topological polar surface area (TPSA) is 42.2 Å². The first-order valence-corrected chi connectivity index (χ1v) is 5.20. The smallest absolute Gasteiger partial charge is 0.153 e. The highest BCUT2D eigenvalue weighted by Gasteiger charge is 2.05. The van der Waals surface area contributed by atoms with Crippen LogP contribution in [0.25, 0.3) is 5.65 Å². The predicted octanol–water partition coefficient (Wildman–Crippen LogP) is 1.57. The first-order valence-electron chi connectivity index (χ1n) is 5.20. The van der Waals surface area contributed by atoms with E-state index in [9.17, 15) is 0 Å². The Morgan fingerprint density at radius 3 is 2.87 bits per heavy atom. The fourth-order valence-corrected chi connectivity index (χ4v) is 1.52. The van der Waals surface area contributed by atoms with E-state index in [4.69, 9.17) is 0 Å². The molecule has 0 amide bonds. The number of rotatable bonds is 3. The SMILES string of the molecule is CNCc1cn2nc(C(C)C)ccc2n1. The summed E-state index contributed by atoms with van der Waals surface area (Å²) in [4.78, 5) is 4.44. The van der Waals surface area contributed by atoms with E-state index in [2.05, 4.69) is 29.2 Å². The number of fused-ring (bicyclic) bond motifs is 1. The Morgan fingerprint density at radius 2 is 2.20 bits per heavy atom. The molecule has 2 heterocycles. The summed E-state index contributed by atoms with van der Waals surface area (Å²) in [6.07, 6.45) is 1.97. The maximum atomic E-state index is 4.50. The van der Waals surface area contributed by atoms with E-state index in [0.717, 1.165) is 23.6 Å². The molecule has 0 spiro atoms. The van der Waals surface area contributed by atoms with Crippen LogP contribution in [0.1, 0.15) is 31.2 Å². The van der Waals surface area contributed by atoms with Gasteiger partial charge in [-0.2, -0.15) is 5.10 Å². The van der Waals surface area contributed by atoms with Crippen molar-refractivity contribution in [3.05, 3.63) is 29.7 Å². The molecule has 0 atom stereocenters. The monoisotopic (exact) mass is 204 g/mol. The second-order valence-corrected chi connectivity index (χ2v) is 3.98. The van der Waals surface area contributed by atoms with Crippen molar-refractivity contribution < 1.29 is 0 Å². The van der Waals surface area contributed by atoms with E-state index in [1.54, 1.807) is 0 Å². The highest BCUT2D eigenvalue weighted by Crippen LogP contribution is 2.12. The van der Waals surface area contributed by atoms with Crippen LogP contribution in [0.5, 0.6) is 0 Å². The Labute approximate surface area is 89.3 Å². The molecular formula is C11H16N4. The van der Waals surface area contributed by atoms with Gasteiger partial charge in [0.2, 0.25) is 0 Å². The zero-order valence-electron chi connectivity index (χ0n) is 9.36. The fourth-order valence-electron chi connectivity index (χ4n) is 1.52. The van der Waals surface area contributed by atoms with Gasteiger partial charge in [-0.05, 0) is 25.1 Å². The fraction of sp³-hybridized carbons (Fsp3) is 0.455. The van der Waals surface area contributed by atoms with Gasteiger partial charge in [-0.1, -0.05) is 13.8 Å². The minimum atomic E-state index is 0.449. The molecule has 0 saturated heterocycles. The normalized spacial score (nSPS) is 11.5. The van der Waals surface area contributed by atoms with Gasteiger partial charge in [0.25, 0.3) is 0 Å². The first kappa shape index (κ1) is 10.1. The molecule has 0 radical (unpaired) electrons. The minimum Gasteiger partial charge on any atom is -0.314 e. The molecule has 0 fully saturated rings. The number of nitrogens with zero attached hydrogens (tertiary/aromatic N) is 3. The van der Waals surface area contributed by atoms with Crippen LogP contribution >= 0.6 is 0 Å². The van der Waals surface area contributed by atoms with Gasteiger partial charge in [0.1, 0.15) is 0 Å². The van der Waals surface area contributed by atoms with Crippen molar-refractivity contribution in [2.75, 3.05) is 7.05 Å². The molecule has 15 heavy (non-hydrogen) atoms. The van der Waals surface area contributed by atoms with Crippen LogP contribution in [0, 0.1) is 0 Å². The molecule has 4 heteroatoms. The van der Waals surface area contributed by atoms with Crippen molar-refractivity contribution in [1.29, 1.82) is 0 Å². The Hall–Kier alpha value is -1.42. The van der Waals surface area contributed by atoms with E-state index in [1.807, 2.05) is 29.9 Å². The van der Waals surface area contributed by atoms with Gasteiger partial charge in [0.05, 0.1) is 17.6 Å². The zero-order valence-corrected chi connectivity index (χ0v) is 9.36. The average Bonchev–Trinajstić information content (AvgIpc) is 2.59. The molecule has 0 aliphatic heterocycles. The summed E-state index contributed by atoms with van der Waals surface area (Å²) in [5.74, 6) is 0.449. The van der Waals surface area contributed by atoms with Crippen LogP contribution in [-0.4, -0.2) is 21.6 Å². The Bertz CT molecular complexity index is 459. The molecule has 0 aliphatic rings. The third-order valence-corrected chi connectivity index (χ3v) is 2.34. The predicted molar refractivity (Wildman–Crippen MR) is 59.8 cm³/mol. The van der Waals surface area contributed by atoms with Gasteiger partial charge in [-0.15, -0.1) is 0 Å². The molecule has 80 valence electrons. The molecule has 0 saturated carbocycles. The number of aromatic nitrogens is 3. The van der Waals surface area contributed by atoms with Gasteiger partial charge in [-0.3, -0.25) is 0 Å². The van der Waals surface area contributed by atoms with Crippen LogP contribution in [-0.2, 0) is 6.54 Å². The van der Waals surface area contributed by atoms with E-state index < -0.39 is 0 Å². The van der Waals surface area contributed by atoms with Crippen molar-refractivity contribution in [2.45, 2.75) is 26.3 Å². The molecule has 2 aromatic heterocycles. The summed E-state index contributed by atoms with van der Waals surface area (Å²) in [5.41, 5.74) is 3.02. The van der Waals surface area contributed by atoms with Crippen LogP contribution < -0.4 is 5.32 Å². The number of hydrogen-bond acceptors (Lipinski definition) is 3. The van der Waals surface area contributed by atoms with Crippen molar-refractivity contribution in [1.82, 2.24) is 19.9 Å². The molecule has 0 unspecified atom stereocenters. The van der Waals surface area contributed by atoms with Crippen molar-refractivity contribution >= 4 is 5.65 Å². The third kappa shape index (κ3) is 1.99. The summed E-state index contributed by atoms with van der Waals surface area (Å²) in [6, 6.07) is 4.05. The van der Waals surface area contributed by atoms with Gasteiger partial charge < -0.3 is 5.32 Å². The first-order chi connectivity index (χ1) is 7.20. The zero-order chi connectivity index (χ0) is 10.8. The average molecular weight is 204 g/mol. The van der Waals surface area contributed by atoms with E-state index in [-0.39, 0.29) is 0 Å². The summed E-state index contributed by atoms with van der Waals surface area (Å²) in [6.45, 7) is 5.06. The summed E-state index contributed by atoms with van der Waals surface area (Å²) in [7, 11) is 1.91. The lowest BCUT2D eigenvalue weighted by molar-refractivity contribution is 0.760. The van der Waals surface area contributed by atoms with E-state index in [1.165, 1.54) is 0 Å². The van der Waals surface area contributed by atoms with Crippen LogP contribution in [0.4, 0.5) is 0 Å². The highest BCUT2D eigenvalue weighted by molar-refractivity contribution is 5.38. The van der Waals surface area contributed by atoms with Gasteiger partial charge >= 0.3 is 0 Å². The lowest BCUT2D eigenvalue weighted by Gasteiger charge is -2.02. The van der Waals surface area contributed by atoms with Crippen LogP contribution in [0.3, 0.4) is 0 Å². The lowest BCUT2D eigenvalue weighted by Crippen LogP contribution is -2.04. The largest absolute Gasteiger partial charge is 0.314 e. The third-order valence-electron chi connectivity index (χ3n) is 2.34. The Balaban J connectivity index is 2.43. The molecule has 0 bridgehead atoms. The highest BCUT2D eigenvalue weighted by atomic mass is 15.3. The van der Waals surface area contributed by atoms with Crippen LogP contribution in [0.15, 0.2) is 18.3 Å². The van der Waals surface area contributed by atoms with Gasteiger partial charge in [-0.25, -0.2) is 9.50 Å². The molecule has 0 aromatic carbocycles. The molecule has 0 aliphatic carbocycles. The minimum absolute atomic E-state index is 0.449. The lowest BCUT2D eigenvalue weighted by atomic mass is 10.1. The van der Waals surface area contributed by atoms with E-state index in [0.29, 0.717) is 5.92 Å². The maximum absolute atomic E-state index is 4.50. The van der Waals surface area contributed by atoms with Crippen molar-refractivity contribution in [3.8, 4) is 0 Å². The van der Waals surface area contributed by atoms with Gasteiger partial charge in [0.15, 0.2) is 5.65 Å². The Morgan fingerprint density at radius 1 is 1.40 bits per heavy atom. The molecule has 1 N–H and O–H groups in total. The maximum Gasteiger partial charge on any atom is 0.153 e. The quantitative estimate of drug-likeness (QED) is 0.825. The standard InChI is InChI=1S/C11H16N4/c1-8(2)10-4-5-11-13-9(6-12-3)7-15(11)14-10/h4-5,7-8,12H,6H2,1-3H3. The summed E-state index contributed by atoms with van der Waals surface area (Å²) < 4.78 is 1.85. The number of hydrogen-bond donors (Lipinski definition) is 1. The second-order valence-electron chi connectivity index (χ2n) is 3.98.